The van der Waals surface area contributed by atoms with Crippen molar-refractivity contribution in [2.45, 2.75) is 0 Å². The maximum absolute atomic E-state index is 9.39. The minimum absolute atomic E-state index is 0.165. The first-order chi connectivity index (χ1) is 6.81. The van der Waals surface area contributed by atoms with Crippen molar-refractivity contribution < 1.29 is 10.3 Å². The Labute approximate surface area is 80.9 Å². The summed E-state index contributed by atoms with van der Waals surface area (Å²) < 4.78 is 0. The van der Waals surface area contributed by atoms with Crippen LogP contribution in [0.2, 0.25) is 0 Å². The number of benzene rings is 2. The predicted molar refractivity (Wildman–Crippen MR) is 55.0 cm³/mol. The Hall–Kier alpha value is -2.03. The number of nitrogens with zero attached hydrogens (tertiary/aromatic N) is 1. The molecule has 0 aliphatic rings. The molecule has 2 aromatic carbocycles. The lowest BCUT2D eigenvalue weighted by molar-refractivity contribution is 0.322. The van der Waals surface area contributed by atoms with E-state index >= 15 is 0 Å². The molecule has 0 atom stereocenters. The van der Waals surface area contributed by atoms with Crippen LogP contribution < -0.4 is 0 Å². The molecule has 0 aromatic heterocycles. The van der Waals surface area contributed by atoms with Crippen molar-refractivity contribution in [1.82, 2.24) is 0 Å². The Morgan fingerprint density at radius 3 is 2.71 bits per heavy atom. The van der Waals surface area contributed by atoms with Gasteiger partial charge in [-0.2, -0.15) is 0 Å². The molecule has 2 aromatic rings. The molecule has 0 saturated carbocycles. The molecule has 0 amide bonds. The number of rotatable bonds is 1. The van der Waals surface area contributed by atoms with Crippen LogP contribution >= 0.6 is 0 Å². The lowest BCUT2D eigenvalue weighted by atomic mass is 10.0. The number of aromatic hydroxyl groups is 1. The highest BCUT2D eigenvalue weighted by Crippen LogP contribution is 2.23. The lowest BCUT2D eigenvalue weighted by Crippen LogP contribution is -1.84. The summed E-state index contributed by atoms with van der Waals surface area (Å²) in [6.45, 7) is 0. The molecular formula is C11H9NO2. The lowest BCUT2D eigenvalue weighted by Gasteiger charge is -2.02. The molecule has 0 aliphatic heterocycles. The molecule has 0 heterocycles. The Kier molecular flexibility index (Phi) is 2.07. The Morgan fingerprint density at radius 1 is 1.14 bits per heavy atom. The standard InChI is InChI=1S/C11H9NO2/c13-10-5-8-3-1-2-4-11(8)9(6-10)7-12-14/h1-7,13-14H/b12-7+. The van der Waals surface area contributed by atoms with Crippen molar-refractivity contribution in [2.75, 3.05) is 0 Å². The zero-order chi connectivity index (χ0) is 9.97. The van der Waals surface area contributed by atoms with Gasteiger partial charge in [0.2, 0.25) is 0 Å². The molecule has 0 bridgehead atoms. The molecule has 2 rings (SSSR count). The van der Waals surface area contributed by atoms with Gasteiger partial charge in [-0.05, 0) is 22.9 Å². The highest BCUT2D eigenvalue weighted by atomic mass is 16.4. The summed E-state index contributed by atoms with van der Waals surface area (Å²) in [6, 6.07) is 10.8. The molecule has 3 nitrogen and oxygen atoms in total. The average Bonchev–Trinajstić information content (AvgIpc) is 2.18. The highest BCUT2D eigenvalue weighted by molar-refractivity contribution is 6.00. The molecular weight excluding hydrogens is 178 g/mol. The molecule has 0 radical (unpaired) electrons. The number of hydrogen-bond acceptors (Lipinski definition) is 3. The zero-order valence-corrected chi connectivity index (χ0v) is 7.38. The summed E-state index contributed by atoms with van der Waals surface area (Å²) in [7, 11) is 0. The van der Waals surface area contributed by atoms with Crippen LogP contribution in [0.25, 0.3) is 10.8 Å². The normalized spacial score (nSPS) is 11.1. The Balaban J connectivity index is 2.79. The third-order valence-electron chi connectivity index (χ3n) is 2.08. The summed E-state index contributed by atoms with van der Waals surface area (Å²) in [5, 5.41) is 22.7. The Bertz CT molecular complexity index is 492. The summed E-state index contributed by atoms with van der Waals surface area (Å²) >= 11 is 0. The van der Waals surface area contributed by atoms with Gasteiger partial charge in [-0.1, -0.05) is 29.4 Å². The minimum Gasteiger partial charge on any atom is -0.508 e. The van der Waals surface area contributed by atoms with Crippen LogP contribution in [0.5, 0.6) is 5.75 Å². The monoisotopic (exact) mass is 187 g/mol. The fourth-order valence-electron chi connectivity index (χ4n) is 1.49. The summed E-state index contributed by atoms with van der Waals surface area (Å²) in [4.78, 5) is 0. The van der Waals surface area contributed by atoms with E-state index in [4.69, 9.17) is 5.21 Å². The van der Waals surface area contributed by atoms with Gasteiger partial charge < -0.3 is 10.3 Å². The number of fused-ring (bicyclic) bond motifs is 1. The maximum Gasteiger partial charge on any atom is 0.116 e. The second-order valence-corrected chi connectivity index (χ2v) is 3.00. The van der Waals surface area contributed by atoms with Crippen LogP contribution in [0.15, 0.2) is 41.6 Å². The number of phenols is 1. The summed E-state index contributed by atoms with van der Waals surface area (Å²) in [5.41, 5.74) is 0.697. The first kappa shape index (κ1) is 8.56. The summed E-state index contributed by atoms with van der Waals surface area (Å²) in [6.07, 6.45) is 1.31. The number of hydrogen-bond donors (Lipinski definition) is 2. The summed E-state index contributed by atoms with van der Waals surface area (Å²) in [5.74, 6) is 0.165. The van der Waals surface area contributed by atoms with E-state index in [9.17, 15) is 5.11 Å². The fraction of sp³-hybridized carbons (Fsp3) is 0. The second-order valence-electron chi connectivity index (χ2n) is 3.00. The third-order valence-corrected chi connectivity index (χ3v) is 2.08. The zero-order valence-electron chi connectivity index (χ0n) is 7.38. The van der Waals surface area contributed by atoms with Gasteiger partial charge in [0.1, 0.15) is 5.75 Å². The van der Waals surface area contributed by atoms with E-state index in [0.717, 1.165) is 10.8 Å². The molecule has 0 aliphatic carbocycles. The smallest absolute Gasteiger partial charge is 0.116 e. The van der Waals surface area contributed by atoms with Crippen molar-refractivity contribution >= 4 is 17.0 Å². The molecule has 0 spiro atoms. The van der Waals surface area contributed by atoms with E-state index in [2.05, 4.69) is 5.16 Å². The quantitative estimate of drug-likeness (QED) is 0.409. The fourth-order valence-corrected chi connectivity index (χ4v) is 1.49. The first-order valence-electron chi connectivity index (χ1n) is 4.20. The van der Waals surface area contributed by atoms with Crippen molar-refractivity contribution in [3.8, 4) is 5.75 Å². The number of oxime groups is 1. The topological polar surface area (TPSA) is 52.8 Å². The number of phenolic OH excluding ortho intramolecular Hbond substituents is 1. The van der Waals surface area contributed by atoms with Gasteiger partial charge in [-0.3, -0.25) is 0 Å². The van der Waals surface area contributed by atoms with Gasteiger partial charge in [0.05, 0.1) is 6.21 Å². The van der Waals surface area contributed by atoms with Gasteiger partial charge >= 0.3 is 0 Å². The van der Waals surface area contributed by atoms with Gasteiger partial charge in [0.25, 0.3) is 0 Å². The van der Waals surface area contributed by atoms with E-state index in [-0.39, 0.29) is 5.75 Å². The maximum atomic E-state index is 9.39. The van der Waals surface area contributed by atoms with E-state index in [1.807, 2.05) is 24.3 Å². The largest absolute Gasteiger partial charge is 0.508 e. The SMILES string of the molecule is O/N=C/c1cc(O)cc2ccccc12. The minimum atomic E-state index is 0.165. The van der Waals surface area contributed by atoms with Crippen LogP contribution in [-0.2, 0) is 0 Å². The van der Waals surface area contributed by atoms with Crippen molar-refractivity contribution in [1.29, 1.82) is 0 Å². The molecule has 2 N–H and O–H groups in total. The molecule has 0 unspecified atom stereocenters. The molecule has 0 saturated heterocycles. The Morgan fingerprint density at radius 2 is 1.93 bits per heavy atom. The van der Waals surface area contributed by atoms with Crippen molar-refractivity contribution in [3.63, 3.8) is 0 Å². The van der Waals surface area contributed by atoms with Crippen LogP contribution in [0.1, 0.15) is 5.56 Å². The first-order valence-corrected chi connectivity index (χ1v) is 4.20. The van der Waals surface area contributed by atoms with Gasteiger partial charge in [-0.25, -0.2) is 0 Å². The molecule has 3 heteroatoms. The van der Waals surface area contributed by atoms with E-state index in [1.54, 1.807) is 12.1 Å². The van der Waals surface area contributed by atoms with Crippen LogP contribution in [0.4, 0.5) is 0 Å². The average molecular weight is 187 g/mol. The highest BCUT2D eigenvalue weighted by Gasteiger charge is 2.00. The molecule has 14 heavy (non-hydrogen) atoms. The molecule has 0 fully saturated rings. The van der Waals surface area contributed by atoms with Gasteiger partial charge in [0, 0.05) is 5.56 Å². The van der Waals surface area contributed by atoms with Crippen LogP contribution in [-0.4, -0.2) is 16.5 Å². The van der Waals surface area contributed by atoms with Crippen LogP contribution in [0.3, 0.4) is 0 Å². The van der Waals surface area contributed by atoms with Crippen molar-refractivity contribution in [3.05, 3.63) is 42.0 Å². The van der Waals surface area contributed by atoms with Gasteiger partial charge in [0.15, 0.2) is 0 Å². The van der Waals surface area contributed by atoms with Crippen molar-refractivity contribution in [2.24, 2.45) is 5.16 Å². The third kappa shape index (κ3) is 1.40. The van der Waals surface area contributed by atoms with Gasteiger partial charge in [-0.15, -0.1) is 0 Å². The second kappa shape index (κ2) is 3.38. The van der Waals surface area contributed by atoms with E-state index < -0.39 is 0 Å². The molecule has 70 valence electrons. The predicted octanol–water partition coefficient (Wildman–Crippen LogP) is 2.35. The van der Waals surface area contributed by atoms with E-state index in [0.29, 0.717) is 5.56 Å². The van der Waals surface area contributed by atoms with E-state index in [1.165, 1.54) is 6.21 Å². The van der Waals surface area contributed by atoms with Crippen LogP contribution in [0, 0.1) is 0 Å².